The van der Waals surface area contributed by atoms with Gasteiger partial charge in [0.2, 0.25) is 5.91 Å². The lowest BCUT2D eigenvalue weighted by molar-refractivity contribution is -0.134. The third kappa shape index (κ3) is 2.34. The molecule has 3 atom stereocenters. The summed E-state index contributed by atoms with van der Waals surface area (Å²) in [7, 11) is 2.17. The Bertz CT molecular complexity index is 569. The maximum absolute atomic E-state index is 13.2. The molecule has 22 heavy (non-hydrogen) atoms. The molecule has 1 aliphatic carbocycles. The van der Waals surface area contributed by atoms with Crippen LogP contribution in [0.3, 0.4) is 0 Å². The second kappa shape index (κ2) is 5.34. The number of fused-ring (bicyclic) bond motifs is 1. The lowest BCUT2D eigenvalue weighted by Gasteiger charge is -2.39. The minimum Gasteiger partial charge on any atom is -0.337 e. The summed E-state index contributed by atoms with van der Waals surface area (Å²) in [5.74, 6) is 0.745. The summed E-state index contributed by atoms with van der Waals surface area (Å²) >= 11 is 0. The molecule has 2 heterocycles. The van der Waals surface area contributed by atoms with Crippen molar-refractivity contribution in [2.75, 3.05) is 20.1 Å². The number of halogens is 1. The van der Waals surface area contributed by atoms with Crippen molar-refractivity contribution in [1.29, 1.82) is 0 Å². The third-order valence-electron chi connectivity index (χ3n) is 5.63. The van der Waals surface area contributed by atoms with Gasteiger partial charge in [0.15, 0.2) is 0 Å². The zero-order valence-corrected chi connectivity index (χ0v) is 13.0. The summed E-state index contributed by atoms with van der Waals surface area (Å²) in [6.45, 7) is 1.88. The van der Waals surface area contributed by atoms with Crippen LogP contribution in [0.5, 0.6) is 0 Å². The highest BCUT2D eigenvalue weighted by Gasteiger charge is 2.49. The monoisotopic (exact) mass is 302 g/mol. The van der Waals surface area contributed by atoms with Gasteiger partial charge in [-0.1, -0.05) is 12.1 Å². The van der Waals surface area contributed by atoms with Crippen LogP contribution in [-0.2, 0) is 4.79 Å². The van der Waals surface area contributed by atoms with Crippen LogP contribution in [0.1, 0.15) is 37.2 Å². The Kier molecular flexibility index (Phi) is 3.44. The number of hydrogen-bond donors (Lipinski definition) is 0. The Balaban J connectivity index is 1.65. The van der Waals surface area contributed by atoms with Crippen molar-refractivity contribution in [2.24, 2.45) is 5.92 Å². The van der Waals surface area contributed by atoms with Gasteiger partial charge in [-0.15, -0.1) is 0 Å². The van der Waals surface area contributed by atoms with E-state index >= 15 is 0 Å². The van der Waals surface area contributed by atoms with Crippen LogP contribution in [0.2, 0.25) is 0 Å². The molecule has 118 valence electrons. The molecular formula is C18H23FN2O. The summed E-state index contributed by atoms with van der Waals surface area (Å²) in [5, 5.41) is 0. The Labute approximate surface area is 131 Å². The van der Waals surface area contributed by atoms with E-state index in [1.807, 2.05) is 12.1 Å². The molecular weight excluding hydrogens is 279 g/mol. The van der Waals surface area contributed by atoms with Gasteiger partial charge in [-0.3, -0.25) is 4.79 Å². The zero-order chi connectivity index (χ0) is 15.3. The van der Waals surface area contributed by atoms with Crippen molar-refractivity contribution < 1.29 is 9.18 Å². The van der Waals surface area contributed by atoms with Crippen molar-refractivity contribution in [3.05, 3.63) is 35.6 Å². The first-order chi connectivity index (χ1) is 10.6. The van der Waals surface area contributed by atoms with Crippen molar-refractivity contribution in [1.82, 2.24) is 9.80 Å². The second-order valence-electron chi connectivity index (χ2n) is 7.10. The molecule has 3 nitrogen and oxygen atoms in total. The van der Waals surface area contributed by atoms with Gasteiger partial charge < -0.3 is 9.80 Å². The van der Waals surface area contributed by atoms with Crippen LogP contribution in [0.25, 0.3) is 0 Å². The van der Waals surface area contributed by atoms with Crippen molar-refractivity contribution >= 4 is 5.91 Å². The lowest BCUT2D eigenvalue weighted by Crippen LogP contribution is -2.50. The first-order valence-electron chi connectivity index (χ1n) is 8.41. The van der Waals surface area contributed by atoms with Gasteiger partial charge in [0.05, 0.1) is 0 Å². The molecule has 0 aromatic heterocycles. The van der Waals surface area contributed by atoms with Crippen LogP contribution in [-0.4, -0.2) is 47.9 Å². The number of hydrogen-bond acceptors (Lipinski definition) is 2. The van der Waals surface area contributed by atoms with Gasteiger partial charge in [0.1, 0.15) is 5.82 Å². The molecule has 0 spiro atoms. The molecule has 1 aromatic rings. The van der Waals surface area contributed by atoms with Gasteiger partial charge in [-0.05, 0) is 57.0 Å². The van der Waals surface area contributed by atoms with Crippen LogP contribution < -0.4 is 0 Å². The van der Waals surface area contributed by atoms with Crippen molar-refractivity contribution in [2.45, 2.75) is 43.7 Å². The highest BCUT2D eigenvalue weighted by molar-refractivity contribution is 5.82. The average molecular weight is 302 g/mol. The maximum atomic E-state index is 13.2. The average Bonchev–Trinajstić information content (AvgIpc) is 3.29. The molecule has 1 amide bonds. The predicted molar refractivity (Wildman–Crippen MR) is 83.0 cm³/mol. The Morgan fingerprint density at radius 1 is 1.18 bits per heavy atom. The number of carbonyl (C=O) groups excluding carboxylic acids is 1. The minimum atomic E-state index is -0.193. The normalized spacial score (nSPS) is 32.1. The number of carbonyl (C=O) groups is 1. The van der Waals surface area contributed by atoms with Gasteiger partial charge in [-0.25, -0.2) is 4.39 Å². The number of benzene rings is 1. The van der Waals surface area contributed by atoms with E-state index in [2.05, 4.69) is 16.8 Å². The van der Waals surface area contributed by atoms with E-state index in [0.29, 0.717) is 23.9 Å². The number of nitrogens with zero attached hydrogens (tertiary/aromatic N) is 2. The van der Waals surface area contributed by atoms with Crippen LogP contribution >= 0.6 is 0 Å². The SMILES string of the molecule is CN1CCC[C@@H]2[C@H]1[C@@H](c1ccc(F)cc1)CN2C(=O)C1CC1. The molecule has 1 saturated carbocycles. The fourth-order valence-corrected chi connectivity index (χ4v) is 4.37. The van der Waals surface area contributed by atoms with Crippen LogP contribution in [0.4, 0.5) is 4.39 Å². The van der Waals surface area contributed by atoms with Crippen LogP contribution in [0.15, 0.2) is 24.3 Å². The number of rotatable bonds is 2. The molecule has 2 aliphatic heterocycles. The van der Waals surface area contributed by atoms with Gasteiger partial charge in [0.25, 0.3) is 0 Å². The van der Waals surface area contributed by atoms with Crippen molar-refractivity contribution in [3.63, 3.8) is 0 Å². The first kappa shape index (κ1) is 14.2. The topological polar surface area (TPSA) is 23.6 Å². The Hall–Kier alpha value is -1.42. The van der Waals surface area contributed by atoms with E-state index in [4.69, 9.17) is 0 Å². The van der Waals surface area contributed by atoms with E-state index in [1.165, 1.54) is 0 Å². The van der Waals surface area contributed by atoms with Crippen LogP contribution in [0, 0.1) is 11.7 Å². The summed E-state index contributed by atoms with van der Waals surface area (Å²) in [6, 6.07) is 7.58. The smallest absolute Gasteiger partial charge is 0.226 e. The molecule has 4 rings (SSSR count). The number of amides is 1. The quantitative estimate of drug-likeness (QED) is 0.838. The Morgan fingerprint density at radius 3 is 2.59 bits per heavy atom. The molecule has 0 N–H and O–H groups in total. The highest BCUT2D eigenvalue weighted by Crippen LogP contribution is 2.42. The second-order valence-corrected chi connectivity index (χ2v) is 7.10. The standard InChI is InChI=1S/C18H23FN2O/c1-20-10-2-3-16-17(20)15(12-6-8-14(19)9-7-12)11-21(16)18(22)13-4-5-13/h6-9,13,15-17H,2-5,10-11H2,1H3/t15-,16-,17-/m1/s1. The molecule has 1 aromatic carbocycles. The van der Waals surface area contributed by atoms with E-state index in [9.17, 15) is 9.18 Å². The maximum Gasteiger partial charge on any atom is 0.226 e. The number of piperidine rings is 1. The molecule has 0 unspecified atom stereocenters. The molecule has 2 saturated heterocycles. The van der Waals surface area contributed by atoms with Gasteiger partial charge in [0, 0.05) is 30.5 Å². The number of likely N-dealkylation sites (N-methyl/N-ethyl adjacent to an activating group) is 1. The van der Waals surface area contributed by atoms with Gasteiger partial charge in [-0.2, -0.15) is 0 Å². The zero-order valence-electron chi connectivity index (χ0n) is 13.0. The minimum absolute atomic E-state index is 0.193. The van der Waals surface area contributed by atoms with E-state index < -0.39 is 0 Å². The predicted octanol–water partition coefficient (Wildman–Crippen LogP) is 2.62. The summed E-state index contributed by atoms with van der Waals surface area (Å²) in [4.78, 5) is 17.2. The number of likely N-dealkylation sites (tertiary alicyclic amines) is 2. The lowest BCUT2D eigenvalue weighted by atomic mass is 9.86. The third-order valence-corrected chi connectivity index (χ3v) is 5.63. The Morgan fingerprint density at radius 2 is 1.91 bits per heavy atom. The molecule has 3 fully saturated rings. The fourth-order valence-electron chi connectivity index (χ4n) is 4.37. The van der Waals surface area contributed by atoms with Crippen molar-refractivity contribution in [3.8, 4) is 0 Å². The highest BCUT2D eigenvalue weighted by atomic mass is 19.1. The van der Waals surface area contributed by atoms with E-state index in [0.717, 1.165) is 44.3 Å². The van der Waals surface area contributed by atoms with Gasteiger partial charge >= 0.3 is 0 Å². The summed E-state index contributed by atoms with van der Waals surface area (Å²) < 4.78 is 13.2. The summed E-state index contributed by atoms with van der Waals surface area (Å²) in [5.41, 5.74) is 1.16. The van der Waals surface area contributed by atoms with E-state index in [1.54, 1.807) is 12.1 Å². The fraction of sp³-hybridized carbons (Fsp3) is 0.611. The largest absolute Gasteiger partial charge is 0.337 e. The molecule has 3 aliphatic rings. The molecule has 4 heteroatoms. The molecule has 0 radical (unpaired) electrons. The first-order valence-corrected chi connectivity index (χ1v) is 8.41. The summed E-state index contributed by atoms with van der Waals surface area (Å²) in [6.07, 6.45) is 4.38. The van der Waals surface area contributed by atoms with E-state index in [-0.39, 0.29) is 11.7 Å². The molecule has 0 bridgehead atoms.